The minimum Gasteiger partial charge on any atom is -0.507 e. The Hall–Kier alpha value is -2.11. The number of fused-ring (bicyclic) bond motifs is 1. The molecule has 29 heavy (non-hydrogen) atoms. The highest BCUT2D eigenvalue weighted by atomic mass is 79.9. The van der Waals surface area contributed by atoms with Crippen LogP contribution in [0.15, 0.2) is 46.6 Å². The summed E-state index contributed by atoms with van der Waals surface area (Å²) in [4.78, 5) is 15.2. The van der Waals surface area contributed by atoms with Crippen LogP contribution in [0, 0.1) is 0 Å². The number of aromatic hydroxyl groups is 1. The van der Waals surface area contributed by atoms with E-state index >= 15 is 0 Å². The minimum absolute atomic E-state index is 0.148. The van der Waals surface area contributed by atoms with Crippen LogP contribution < -0.4 is 4.74 Å². The normalized spacial score (nSPS) is 14.5. The van der Waals surface area contributed by atoms with Crippen LogP contribution in [-0.4, -0.2) is 28.9 Å². The molecule has 0 saturated carbocycles. The van der Waals surface area contributed by atoms with E-state index in [2.05, 4.69) is 34.7 Å². The van der Waals surface area contributed by atoms with Gasteiger partial charge in [-0.25, -0.2) is 0 Å². The van der Waals surface area contributed by atoms with Crippen molar-refractivity contribution in [1.82, 2.24) is 4.90 Å². The number of allylic oxidation sites excluding steroid dienone is 1. The van der Waals surface area contributed by atoms with Crippen LogP contribution in [0.2, 0.25) is 0 Å². The van der Waals surface area contributed by atoms with E-state index in [1.165, 1.54) is 0 Å². The van der Waals surface area contributed by atoms with E-state index in [1.807, 2.05) is 24.3 Å². The molecule has 4 nitrogen and oxygen atoms in total. The highest BCUT2D eigenvalue weighted by Crippen LogP contribution is 2.40. The smallest absolute Gasteiger partial charge is 0.231 e. The molecular formula is C24H28BrNO3. The predicted octanol–water partition coefficient (Wildman–Crippen LogP) is 6.17. The fourth-order valence-electron chi connectivity index (χ4n) is 3.44. The molecule has 154 valence electrons. The predicted molar refractivity (Wildman–Crippen MR) is 120 cm³/mol. The second-order valence-electron chi connectivity index (χ2n) is 7.38. The van der Waals surface area contributed by atoms with Gasteiger partial charge in [0.15, 0.2) is 5.76 Å². The van der Waals surface area contributed by atoms with Crippen LogP contribution in [0.5, 0.6) is 11.5 Å². The van der Waals surface area contributed by atoms with Gasteiger partial charge in [-0.05, 0) is 55.8 Å². The van der Waals surface area contributed by atoms with E-state index in [4.69, 9.17) is 4.74 Å². The molecule has 1 N–H and O–H groups in total. The lowest BCUT2D eigenvalue weighted by atomic mass is 10.0. The van der Waals surface area contributed by atoms with E-state index in [-0.39, 0.29) is 17.3 Å². The zero-order valence-corrected chi connectivity index (χ0v) is 18.7. The first-order chi connectivity index (χ1) is 14.0. The molecule has 0 saturated heterocycles. The number of hydrogen-bond donors (Lipinski definition) is 1. The van der Waals surface area contributed by atoms with Gasteiger partial charge in [0.2, 0.25) is 5.78 Å². The number of hydrogen-bond acceptors (Lipinski definition) is 4. The molecular weight excluding hydrogens is 430 g/mol. The Morgan fingerprint density at radius 3 is 2.41 bits per heavy atom. The number of carbonyl (C=O) groups excluding carboxylic acids is 1. The minimum atomic E-state index is -0.148. The molecule has 0 unspecified atom stereocenters. The molecule has 0 fully saturated rings. The van der Waals surface area contributed by atoms with Crippen LogP contribution in [-0.2, 0) is 6.54 Å². The summed E-state index contributed by atoms with van der Waals surface area (Å²) in [5, 5.41) is 10.5. The van der Waals surface area contributed by atoms with Crippen molar-refractivity contribution in [1.29, 1.82) is 0 Å². The fourth-order valence-corrected chi connectivity index (χ4v) is 3.84. The van der Waals surface area contributed by atoms with Crippen LogP contribution in [0.25, 0.3) is 6.08 Å². The maximum atomic E-state index is 12.9. The first-order valence-corrected chi connectivity index (χ1v) is 11.1. The lowest BCUT2D eigenvalue weighted by molar-refractivity contribution is 0.101. The van der Waals surface area contributed by atoms with E-state index in [0.29, 0.717) is 23.4 Å². The van der Waals surface area contributed by atoms with Crippen LogP contribution in [0.4, 0.5) is 0 Å². The quantitative estimate of drug-likeness (QED) is 0.457. The number of benzene rings is 2. The maximum Gasteiger partial charge on any atom is 0.231 e. The number of phenolic OH excluding ortho intramolecular Hbond substituents is 1. The number of Topliss-reactive ketones (excluding diaryl/α,β-unsaturated/α-hetero) is 1. The molecule has 0 atom stereocenters. The van der Waals surface area contributed by atoms with Gasteiger partial charge in [-0.2, -0.15) is 0 Å². The Labute approximate surface area is 181 Å². The van der Waals surface area contributed by atoms with Crippen molar-refractivity contribution in [3.05, 3.63) is 63.3 Å². The Bertz CT molecular complexity index is 899. The SMILES string of the molecule is CCCCN(CCCC)Cc1c(O)ccc2c1O/C(=C/c1ccccc1Br)C2=O. The Morgan fingerprint density at radius 1 is 1.07 bits per heavy atom. The second kappa shape index (κ2) is 10.1. The lowest BCUT2D eigenvalue weighted by Gasteiger charge is -2.23. The van der Waals surface area contributed by atoms with Gasteiger partial charge < -0.3 is 9.84 Å². The van der Waals surface area contributed by atoms with Gasteiger partial charge in [0.1, 0.15) is 11.5 Å². The van der Waals surface area contributed by atoms with Crippen molar-refractivity contribution in [2.24, 2.45) is 0 Å². The van der Waals surface area contributed by atoms with Gasteiger partial charge in [-0.1, -0.05) is 60.8 Å². The van der Waals surface area contributed by atoms with Gasteiger partial charge in [-0.3, -0.25) is 9.69 Å². The molecule has 0 aliphatic carbocycles. The molecule has 0 radical (unpaired) electrons. The Balaban J connectivity index is 1.90. The molecule has 2 aromatic rings. The number of nitrogens with zero attached hydrogens (tertiary/aromatic N) is 1. The summed E-state index contributed by atoms with van der Waals surface area (Å²) in [6.07, 6.45) is 6.20. The maximum absolute atomic E-state index is 12.9. The standard InChI is InChI=1S/C24H28BrNO3/c1-3-5-13-26(14-6-4-2)16-19-21(27)12-11-18-23(28)22(29-24(18)19)15-17-9-7-8-10-20(17)25/h7-12,15,27H,3-6,13-14,16H2,1-2H3/b22-15+. The van der Waals surface area contributed by atoms with Gasteiger partial charge in [0.25, 0.3) is 0 Å². The van der Waals surface area contributed by atoms with Gasteiger partial charge in [-0.15, -0.1) is 0 Å². The molecule has 0 spiro atoms. The topological polar surface area (TPSA) is 49.8 Å². The van der Waals surface area contributed by atoms with Crippen molar-refractivity contribution in [2.45, 2.75) is 46.1 Å². The third-order valence-corrected chi connectivity index (χ3v) is 5.87. The average molecular weight is 458 g/mol. The van der Waals surface area contributed by atoms with Crippen molar-refractivity contribution >= 4 is 27.8 Å². The molecule has 0 bridgehead atoms. The number of unbranched alkanes of at least 4 members (excludes halogenated alkanes) is 2. The number of ketones is 1. The largest absolute Gasteiger partial charge is 0.507 e. The number of halogens is 1. The highest BCUT2D eigenvalue weighted by molar-refractivity contribution is 9.10. The molecule has 5 heteroatoms. The Kier molecular flexibility index (Phi) is 7.51. The van der Waals surface area contributed by atoms with Gasteiger partial charge in [0.05, 0.1) is 11.1 Å². The summed E-state index contributed by atoms with van der Waals surface area (Å²) in [6.45, 7) is 6.86. The Morgan fingerprint density at radius 2 is 1.76 bits per heavy atom. The lowest BCUT2D eigenvalue weighted by Crippen LogP contribution is -2.25. The monoisotopic (exact) mass is 457 g/mol. The van der Waals surface area contributed by atoms with E-state index < -0.39 is 0 Å². The zero-order valence-electron chi connectivity index (χ0n) is 17.1. The number of carbonyl (C=O) groups is 1. The van der Waals surface area contributed by atoms with Crippen molar-refractivity contribution in [3.8, 4) is 11.5 Å². The summed E-state index contributed by atoms with van der Waals surface area (Å²) in [5.74, 6) is 0.807. The molecule has 1 heterocycles. The van der Waals surface area contributed by atoms with Crippen LogP contribution in [0.3, 0.4) is 0 Å². The van der Waals surface area contributed by atoms with Crippen LogP contribution in [0.1, 0.15) is 61.0 Å². The second-order valence-corrected chi connectivity index (χ2v) is 8.24. The molecule has 1 aliphatic heterocycles. The first-order valence-electron chi connectivity index (χ1n) is 10.3. The van der Waals surface area contributed by atoms with E-state index in [1.54, 1.807) is 18.2 Å². The van der Waals surface area contributed by atoms with Gasteiger partial charge in [0, 0.05) is 11.0 Å². The third kappa shape index (κ3) is 5.09. The molecule has 1 aliphatic rings. The third-order valence-electron chi connectivity index (χ3n) is 5.15. The summed E-state index contributed by atoms with van der Waals surface area (Å²) >= 11 is 3.51. The van der Waals surface area contributed by atoms with E-state index in [0.717, 1.165) is 48.8 Å². The summed E-state index contributed by atoms with van der Waals surface area (Å²) in [6, 6.07) is 11.0. The molecule has 0 aromatic heterocycles. The zero-order chi connectivity index (χ0) is 20.8. The average Bonchev–Trinajstić information content (AvgIpc) is 3.03. The number of ether oxygens (including phenoxy) is 1. The molecule has 3 rings (SSSR count). The van der Waals surface area contributed by atoms with Crippen molar-refractivity contribution in [2.75, 3.05) is 13.1 Å². The van der Waals surface area contributed by atoms with Crippen molar-refractivity contribution in [3.63, 3.8) is 0 Å². The number of rotatable bonds is 9. The summed E-state index contributed by atoms with van der Waals surface area (Å²) in [5.41, 5.74) is 2.09. The van der Waals surface area contributed by atoms with Crippen LogP contribution >= 0.6 is 15.9 Å². The first kappa shape index (κ1) is 21.6. The highest BCUT2D eigenvalue weighted by Gasteiger charge is 2.31. The summed E-state index contributed by atoms with van der Waals surface area (Å²) < 4.78 is 6.90. The van der Waals surface area contributed by atoms with Crippen molar-refractivity contribution < 1.29 is 14.6 Å². The van der Waals surface area contributed by atoms with E-state index in [9.17, 15) is 9.90 Å². The fraction of sp³-hybridized carbons (Fsp3) is 0.375. The van der Waals surface area contributed by atoms with Gasteiger partial charge >= 0.3 is 0 Å². The summed E-state index contributed by atoms with van der Waals surface area (Å²) in [7, 11) is 0. The number of phenols is 1. The molecule has 0 amide bonds. The molecule has 2 aromatic carbocycles.